The van der Waals surface area contributed by atoms with Gasteiger partial charge in [0.25, 0.3) is 0 Å². The lowest BCUT2D eigenvalue weighted by Gasteiger charge is -2.27. The number of hydrogen-bond donors (Lipinski definition) is 2. The average molecular weight is 589 g/mol. The van der Waals surface area contributed by atoms with Crippen molar-refractivity contribution in [1.29, 1.82) is 0 Å². The van der Waals surface area contributed by atoms with Crippen LogP contribution in [-0.4, -0.2) is 62.1 Å². The Morgan fingerprint density at radius 1 is 1.00 bits per heavy atom. The number of likely N-dealkylation sites (tertiary alicyclic amines) is 1. The zero-order valence-electron chi connectivity index (χ0n) is 25.2. The van der Waals surface area contributed by atoms with E-state index in [2.05, 4.69) is 19.2 Å². The van der Waals surface area contributed by atoms with Crippen LogP contribution in [0.3, 0.4) is 0 Å². The Morgan fingerprint density at radius 2 is 1.72 bits per heavy atom. The summed E-state index contributed by atoms with van der Waals surface area (Å²) < 4.78 is 22.1. The first-order valence-electron chi connectivity index (χ1n) is 14.8. The van der Waals surface area contributed by atoms with Crippen LogP contribution >= 0.6 is 0 Å². The number of nitrogens with zero attached hydrogens (tertiary/aromatic N) is 1. The molecule has 2 aliphatic rings. The molecule has 3 aromatic rings. The molecule has 228 valence electrons. The Bertz CT molecular complexity index is 1430. The molecule has 3 aromatic carbocycles. The van der Waals surface area contributed by atoms with E-state index in [1.165, 1.54) is 0 Å². The number of methoxy groups -OCH3 is 1. The van der Waals surface area contributed by atoms with Gasteiger partial charge < -0.3 is 29.4 Å². The van der Waals surface area contributed by atoms with E-state index in [1.54, 1.807) is 7.11 Å². The summed E-state index contributed by atoms with van der Waals surface area (Å²) in [7, 11) is 1.62. The third-order valence-electron chi connectivity index (χ3n) is 8.50. The van der Waals surface area contributed by atoms with Crippen LogP contribution in [0.4, 0.5) is 5.69 Å². The molecule has 1 amide bonds. The largest absolute Gasteiger partial charge is 0.491 e. The monoisotopic (exact) mass is 588 g/mol. The zero-order chi connectivity index (χ0) is 30.5. The van der Waals surface area contributed by atoms with Crippen molar-refractivity contribution in [2.75, 3.05) is 45.5 Å². The Hall–Kier alpha value is -4.08. The van der Waals surface area contributed by atoms with Gasteiger partial charge in [-0.25, -0.2) is 0 Å². The predicted octanol–water partition coefficient (Wildman–Crippen LogP) is 5.35. The third-order valence-corrected chi connectivity index (χ3v) is 8.50. The van der Waals surface area contributed by atoms with Crippen LogP contribution in [0.25, 0.3) is 0 Å². The van der Waals surface area contributed by atoms with Crippen LogP contribution < -0.4 is 19.5 Å². The zero-order valence-corrected chi connectivity index (χ0v) is 25.2. The van der Waals surface area contributed by atoms with Gasteiger partial charge in [0.2, 0.25) is 12.7 Å². The molecule has 1 unspecified atom stereocenters. The fourth-order valence-corrected chi connectivity index (χ4v) is 6.41. The van der Waals surface area contributed by atoms with Crippen LogP contribution in [-0.2, 0) is 27.2 Å². The molecule has 1 saturated heterocycles. The molecular formula is C34H40N2O7. The van der Waals surface area contributed by atoms with Crippen molar-refractivity contribution in [3.05, 3.63) is 82.4 Å². The van der Waals surface area contributed by atoms with Crippen LogP contribution in [0, 0.1) is 12.8 Å². The van der Waals surface area contributed by atoms with Crippen molar-refractivity contribution in [3.63, 3.8) is 0 Å². The van der Waals surface area contributed by atoms with Crippen LogP contribution in [0.2, 0.25) is 0 Å². The molecule has 2 heterocycles. The predicted molar refractivity (Wildman–Crippen MR) is 163 cm³/mol. The maximum atomic E-state index is 13.7. The highest BCUT2D eigenvalue weighted by molar-refractivity contribution is 5.94. The number of carboxylic acid groups (broad SMARTS) is 1. The Labute approximate surface area is 252 Å². The highest BCUT2D eigenvalue weighted by Crippen LogP contribution is 2.49. The second-order valence-corrected chi connectivity index (χ2v) is 11.0. The minimum atomic E-state index is -0.917. The summed E-state index contributed by atoms with van der Waals surface area (Å²) >= 11 is 0. The quantitative estimate of drug-likeness (QED) is 0.273. The summed E-state index contributed by atoms with van der Waals surface area (Å²) in [6.45, 7) is 7.52. The lowest BCUT2D eigenvalue weighted by atomic mass is 9.81. The first kappa shape index (κ1) is 30.4. The topological polar surface area (TPSA) is 107 Å². The molecule has 1 fully saturated rings. The summed E-state index contributed by atoms with van der Waals surface area (Å²) in [5.74, 6) is -0.300. The number of fused-ring (bicyclic) bond motifs is 1. The number of amides is 1. The number of benzene rings is 3. The van der Waals surface area contributed by atoms with Gasteiger partial charge in [-0.1, -0.05) is 50.2 Å². The molecule has 43 heavy (non-hydrogen) atoms. The van der Waals surface area contributed by atoms with Crippen molar-refractivity contribution in [2.45, 2.75) is 45.6 Å². The molecule has 9 heteroatoms. The number of ether oxygens (including phenoxy) is 4. The Kier molecular flexibility index (Phi) is 9.52. The SMILES string of the molecule is CCc1cccc(CC)c1NC(=O)CN1C[C@H](c2ccc3c(c2C)OCO3)C(C(=O)O)[C@@H]1c1ccc(OCCOC)cc1. The van der Waals surface area contributed by atoms with Crippen molar-refractivity contribution in [2.24, 2.45) is 5.92 Å². The van der Waals surface area contributed by atoms with E-state index in [1.807, 2.05) is 66.4 Å². The van der Waals surface area contributed by atoms with Gasteiger partial charge >= 0.3 is 5.97 Å². The summed E-state index contributed by atoms with van der Waals surface area (Å²) in [5, 5.41) is 13.8. The number of aliphatic carboxylic acids is 1. The Balaban J connectivity index is 1.49. The number of anilines is 1. The van der Waals surface area contributed by atoms with E-state index >= 15 is 0 Å². The van der Waals surface area contributed by atoms with Gasteiger partial charge in [0.05, 0.1) is 19.1 Å². The fraction of sp³-hybridized carbons (Fsp3) is 0.412. The molecule has 0 bridgehead atoms. The molecule has 2 aliphatic heterocycles. The van der Waals surface area contributed by atoms with Crippen molar-refractivity contribution in [1.82, 2.24) is 4.90 Å². The second kappa shape index (κ2) is 13.5. The van der Waals surface area contributed by atoms with Crippen molar-refractivity contribution < 1.29 is 33.6 Å². The van der Waals surface area contributed by atoms with Crippen LogP contribution in [0.15, 0.2) is 54.6 Å². The molecule has 0 aromatic heterocycles. The number of carbonyl (C=O) groups excluding carboxylic acids is 1. The molecule has 9 nitrogen and oxygen atoms in total. The average Bonchev–Trinajstić information content (AvgIpc) is 3.63. The lowest BCUT2D eigenvalue weighted by Crippen LogP contribution is -2.35. The smallest absolute Gasteiger partial charge is 0.309 e. The first-order valence-corrected chi connectivity index (χ1v) is 14.8. The van der Waals surface area contributed by atoms with E-state index in [9.17, 15) is 14.7 Å². The van der Waals surface area contributed by atoms with Gasteiger partial charge in [-0.3, -0.25) is 14.5 Å². The molecule has 0 radical (unpaired) electrons. The molecular weight excluding hydrogens is 548 g/mol. The summed E-state index contributed by atoms with van der Waals surface area (Å²) in [4.78, 5) is 28.7. The van der Waals surface area contributed by atoms with E-state index in [4.69, 9.17) is 18.9 Å². The minimum Gasteiger partial charge on any atom is -0.491 e. The van der Waals surface area contributed by atoms with Gasteiger partial charge in [0.1, 0.15) is 12.4 Å². The Morgan fingerprint density at radius 3 is 2.37 bits per heavy atom. The van der Waals surface area contributed by atoms with E-state index in [-0.39, 0.29) is 25.2 Å². The first-order chi connectivity index (χ1) is 20.9. The fourth-order valence-electron chi connectivity index (χ4n) is 6.41. The number of para-hydroxylation sites is 1. The molecule has 2 N–H and O–H groups in total. The van der Waals surface area contributed by atoms with Crippen LogP contribution in [0.5, 0.6) is 17.2 Å². The molecule has 0 spiro atoms. The van der Waals surface area contributed by atoms with Crippen LogP contribution in [0.1, 0.15) is 53.6 Å². The number of nitrogens with one attached hydrogen (secondary N) is 1. The van der Waals surface area contributed by atoms with Crippen molar-refractivity contribution >= 4 is 17.6 Å². The number of carbonyl (C=O) groups is 2. The maximum Gasteiger partial charge on any atom is 0.309 e. The second-order valence-electron chi connectivity index (χ2n) is 11.0. The summed E-state index contributed by atoms with van der Waals surface area (Å²) in [6.07, 6.45) is 1.59. The van der Waals surface area contributed by atoms with Gasteiger partial charge in [0, 0.05) is 31.3 Å². The lowest BCUT2D eigenvalue weighted by molar-refractivity contribution is -0.143. The summed E-state index contributed by atoms with van der Waals surface area (Å²) in [6, 6.07) is 16.8. The summed E-state index contributed by atoms with van der Waals surface area (Å²) in [5.41, 5.74) is 5.56. The third kappa shape index (κ3) is 6.33. The molecule has 0 aliphatic carbocycles. The van der Waals surface area contributed by atoms with Gasteiger partial charge in [0.15, 0.2) is 11.5 Å². The standard InChI is InChI=1S/C34H40N2O7/c1-5-22-8-7-9-23(6-2)31(22)35-29(37)19-36-18-27(26-14-15-28-33(21(26)3)43-20-42-28)30(34(38)39)32(36)24-10-12-25(13-11-24)41-17-16-40-4/h7-15,27,30,32H,5-6,16-20H2,1-4H3,(H,35,37)(H,38,39)/t27-,30?,32+/m1/s1. The van der Waals surface area contributed by atoms with Crippen molar-refractivity contribution in [3.8, 4) is 17.2 Å². The minimum absolute atomic E-state index is 0.0435. The van der Waals surface area contributed by atoms with E-state index in [0.717, 1.165) is 46.3 Å². The number of rotatable bonds is 12. The highest BCUT2D eigenvalue weighted by Gasteiger charge is 2.48. The van der Waals surface area contributed by atoms with Gasteiger partial charge in [-0.2, -0.15) is 0 Å². The van der Waals surface area contributed by atoms with E-state index in [0.29, 0.717) is 37.0 Å². The number of hydrogen-bond acceptors (Lipinski definition) is 7. The molecule has 0 saturated carbocycles. The number of aryl methyl sites for hydroxylation is 2. The molecule has 3 atom stereocenters. The number of carboxylic acids is 1. The maximum absolute atomic E-state index is 13.7. The van der Waals surface area contributed by atoms with Gasteiger partial charge in [-0.15, -0.1) is 0 Å². The normalized spacial score (nSPS) is 19.4. The van der Waals surface area contributed by atoms with E-state index < -0.39 is 17.9 Å². The molecule has 5 rings (SSSR count). The van der Waals surface area contributed by atoms with Gasteiger partial charge in [-0.05, 0) is 65.8 Å². The highest BCUT2D eigenvalue weighted by atomic mass is 16.7.